The fraction of sp³-hybridized carbons (Fsp3) is 0.364. The highest BCUT2D eigenvalue weighted by atomic mass is 19.4. The van der Waals surface area contributed by atoms with E-state index in [4.69, 9.17) is 4.74 Å². The molecule has 0 bridgehead atoms. The molecule has 0 heterocycles. The summed E-state index contributed by atoms with van der Waals surface area (Å²) in [5, 5.41) is 0. The van der Waals surface area contributed by atoms with Crippen LogP contribution in [0.25, 0.3) is 0 Å². The number of hydrogen-bond acceptors (Lipinski definition) is 3. The van der Waals surface area contributed by atoms with Crippen molar-refractivity contribution in [3.05, 3.63) is 30.1 Å². The third-order valence-corrected chi connectivity index (χ3v) is 1.90. The fourth-order valence-electron chi connectivity index (χ4n) is 1.04. The zero-order chi connectivity index (χ0) is 14.5. The second-order valence-corrected chi connectivity index (χ2v) is 3.58. The van der Waals surface area contributed by atoms with Crippen LogP contribution in [0.3, 0.4) is 0 Å². The van der Waals surface area contributed by atoms with Gasteiger partial charge in [0, 0.05) is 0 Å². The molecule has 1 unspecified atom stereocenters. The Kier molecular flexibility index (Phi) is 5.11. The van der Waals surface area contributed by atoms with E-state index in [9.17, 15) is 22.4 Å². The number of carbonyl (C=O) groups excluding carboxylic acids is 1. The summed E-state index contributed by atoms with van der Waals surface area (Å²) < 4.78 is 52.9. The maximum atomic E-state index is 12.6. The molecule has 8 heteroatoms. The van der Waals surface area contributed by atoms with Crippen molar-refractivity contribution in [3.8, 4) is 5.75 Å². The molecule has 0 saturated heterocycles. The first kappa shape index (κ1) is 15.2. The van der Waals surface area contributed by atoms with Crippen molar-refractivity contribution in [3.63, 3.8) is 0 Å². The van der Waals surface area contributed by atoms with Crippen molar-refractivity contribution in [1.29, 1.82) is 0 Å². The Bertz CT molecular complexity index is 419. The van der Waals surface area contributed by atoms with Crippen molar-refractivity contribution in [2.75, 3.05) is 6.61 Å². The number of amides is 1. The first-order valence-electron chi connectivity index (χ1n) is 5.18. The van der Waals surface area contributed by atoms with E-state index in [2.05, 4.69) is 4.84 Å². The highest BCUT2D eigenvalue weighted by Crippen LogP contribution is 2.14. The van der Waals surface area contributed by atoms with E-state index in [1.165, 1.54) is 19.1 Å². The number of nitrogens with one attached hydrogen (secondary N) is 1. The zero-order valence-corrected chi connectivity index (χ0v) is 9.83. The Hall–Kier alpha value is -1.83. The number of hydroxylamine groups is 1. The van der Waals surface area contributed by atoms with Gasteiger partial charge in [0.1, 0.15) is 11.6 Å². The van der Waals surface area contributed by atoms with Crippen molar-refractivity contribution in [2.45, 2.75) is 19.2 Å². The lowest BCUT2D eigenvalue weighted by Crippen LogP contribution is -2.38. The number of carbonyl (C=O) groups is 1. The topological polar surface area (TPSA) is 47.6 Å². The molecule has 1 rings (SSSR count). The quantitative estimate of drug-likeness (QED) is 0.665. The molecular weight excluding hydrogens is 270 g/mol. The van der Waals surface area contributed by atoms with E-state index in [-0.39, 0.29) is 5.75 Å². The summed E-state index contributed by atoms with van der Waals surface area (Å²) in [5.41, 5.74) is 1.61. The van der Waals surface area contributed by atoms with Crippen molar-refractivity contribution < 1.29 is 31.9 Å². The van der Waals surface area contributed by atoms with E-state index in [0.717, 1.165) is 12.1 Å². The van der Waals surface area contributed by atoms with Crippen molar-refractivity contribution >= 4 is 5.91 Å². The zero-order valence-electron chi connectivity index (χ0n) is 9.83. The van der Waals surface area contributed by atoms with Gasteiger partial charge in [0.25, 0.3) is 5.91 Å². The number of ether oxygens (including phenoxy) is 1. The Labute approximate surface area is 106 Å². The van der Waals surface area contributed by atoms with Crippen LogP contribution in [0.2, 0.25) is 0 Å². The first-order chi connectivity index (χ1) is 8.78. The van der Waals surface area contributed by atoms with Crippen LogP contribution in [0.1, 0.15) is 6.92 Å². The molecule has 1 aromatic carbocycles. The van der Waals surface area contributed by atoms with E-state index < -0.39 is 30.6 Å². The number of hydrogen-bond donors (Lipinski definition) is 1. The highest BCUT2D eigenvalue weighted by molar-refractivity contribution is 5.79. The van der Waals surface area contributed by atoms with Crippen LogP contribution < -0.4 is 10.2 Å². The molecule has 0 spiro atoms. The minimum absolute atomic E-state index is 0.208. The molecule has 1 aromatic rings. The number of rotatable bonds is 5. The SMILES string of the molecule is CC(Oc1ccc(F)cc1)C(=O)NOCC(F)(F)F. The smallest absolute Gasteiger partial charge is 0.414 e. The third kappa shape index (κ3) is 6.05. The van der Waals surface area contributed by atoms with Crippen LogP contribution in [-0.2, 0) is 9.63 Å². The van der Waals surface area contributed by atoms with E-state index in [0.29, 0.717) is 0 Å². The van der Waals surface area contributed by atoms with Gasteiger partial charge in [-0.05, 0) is 31.2 Å². The number of alkyl halides is 3. The van der Waals surface area contributed by atoms with Gasteiger partial charge in [0.2, 0.25) is 0 Å². The summed E-state index contributed by atoms with van der Waals surface area (Å²) >= 11 is 0. The monoisotopic (exact) mass is 281 g/mol. The maximum absolute atomic E-state index is 12.6. The molecule has 0 aliphatic carbocycles. The average Bonchev–Trinajstić information content (AvgIpc) is 2.30. The van der Waals surface area contributed by atoms with Crippen LogP contribution in [0.5, 0.6) is 5.75 Å². The van der Waals surface area contributed by atoms with Crippen LogP contribution in [0.15, 0.2) is 24.3 Å². The lowest BCUT2D eigenvalue weighted by Gasteiger charge is -2.15. The van der Waals surface area contributed by atoms with Gasteiger partial charge in [-0.25, -0.2) is 9.87 Å². The van der Waals surface area contributed by atoms with Crippen molar-refractivity contribution in [2.24, 2.45) is 0 Å². The van der Waals surface area contributed by atoms with Gasteiger partial charge in [0.15, 0.2) is 12.7 Å². The minimum Gasteiger partial charge on any atom is -0.481 e. The van der Waals surface area contributed by atoms with E-state index in [1.807, 2.05) is 0 Å². The Balaban J connectivity index is 2.38. The second kappa shape index (κ2) is 6.37. The molecule has 1 atom stereocenters. The van der Waals surface area contributed by atoms with Gasteiger partial charge in [-0.2, -0.15) is 13.2 Å². The van der Waals surface area contributed by atoms with Gasteiger partial charge in [-0.15, -0.1) is 0 Å². The summed E-state index contributed by atoms with van der Waals surface area (Å²) in [6.45, 7) is -0.280. The largest absolute Gasteiger partial charge is 0.481 e. The minimum atomic E-state index is -4.53. The fourth-order valence-corrected chi connectivity index (χ4v) is 1.04. The molecule has 1 N–H and O–H groups in total. The molecule has 0 saturated carbocycles. The maximum Gasteiger partial charge on any atom is 0.414 e. The predicted molar refractivity (Wildman–Crippen MR) is 56.6 cm³/mol. The standard InChI is InChI=1S/C11H11F4NO3/c1-7(10(17)16-18-6-11(13,14)15)19-9-4-2-8(12)3-5-9/h2-5,7H,6H2,1H3,(H,16,17). The Morgan fingerprint density at radius 1 is 1.32 bits per heavy atom. The van der Waals surface area contributed by atoms with Crippen LogP contribution >= 0.6 is 0 Å². The lowest BCUT2D eigenvalue weighted by atomic mass is 10.3. The van der Waals surface area contributed by atoms with E-state index >= 15 is 0 Å². The highest BCUT2D eigenvalue weighted by Gasteiger charge is 2.28. The van der Waals surface area contributed by atoms with E-state index in [1.54, 1.807) is 5.48 Å². The molecule has 0 fully saturated rings. The lowest BCUT2D eigenvalue weighted by molar-refractivity contribution is -0.193. The molecule has 0 aliphatic rings. The molecule has 0 aliphatic heterocycles. The van der Waals surface area contributed by atoms with Crippen LogP contribution in [0, 0.1) is 5.82 Å². The van der Waals surface area contributed by atoms with Crippen molar-refractivity contribution in [1.82, 2.24) is 5.48 Å². The summed E-state index contributed by atoms with van der Waals surface area (Å²) in [6.07, 6.45) is -5.62. The number of benzene rings is 1. The number of halogens is 4. The summed E-state index contributed by atoms with van der Waals surface area (Å²) in [4.78, 5) is 15.3. The molecule has 106 valence electrons. The molecule has 1 amide bonds. The molecule has 0 radical (unpaired) electrons. The average molecular weight is 281 g/mol. The van der Waals surface area contributed by atoms with Crippen LogP contribution in [0.4, 0.5) is 17.6 Å². The summed E-state index contributed by atoms with van der Waals surface area (Å²) in [6, 6.07) is 4.82. The predicted octanol–water partition coefficient (Wildman–Crippen LogP) is 2.20. The van der Waals surface area contributed by atoms with Gasteiger partial charge in [0.05, 0.1) is 0 Å². The third-order valence-electron chi connectivity index (χ3n) is 1.90. The Morgan fingerprint density at radius 3 is 2.42 bits per heavy atom. The molecule has 4 nitrogen and oxygen atoms in total. The molecular formula is C11H11F4NO3. The second-order valence-electron chi connectivity index (χ2n) is 3.58. The first-order valence-corrected chi connectivity index (χ1v) is 5.18. The van der Waals surface area contributed by atoms with Crippen LogP contribution in [-0.4, -0.2) is 24.8 Å². The Morgan fingerprint density at radius 2 is 1.89 bits per heavy atom. The molecule has 0 aromatic heterocycles. The van der Waals surface area contributed by atoms with Gasteiger partial charge < -0.3 is 4.74 Å². The van der Waals surface area contributed by atoms with Gasteiger partial charge in [-0.3, -0.25) is 9.63 Å². The summed E-state index contributed by atoms with van der Waals surface area (Å²) in [5.74, 6) is -1.15. The molecule has 19 heavy (non-hydrogen) atoms. The summed E-state index contributed by atoms with van der Waals surface area (Å²) in [7, 11) is 0. The normalized spacial score (nSPS) is 12.9. The van der Waals surface area contributed by atoms with Gasteiger partial charge >= 0.3 is 6.18 Å². The van der Waals surface area contributed by atoms with Gasteiger partial charge in [-0.1, -0.05) is 0 Å².